The molecule has 0 saturated heterocycles. The maximum Gasteiger partial charge on any atom is 0.335 e. The molecule has 244 valence electrons. The molecule has 2 aromatic heterocycles. The third kappa shape index (κ3) is 10.9. The molecule has 45 heavy (non-hydrogen) atoms. The fourth-order valence-corrected chi connectivity index (χ4v) is 5.41. The Morgan fingerprint density at radius 3 is 2.38 bits per heavy atom. The Labute approximate surface area is 266 Å². The molecule has 1 unspecified atom stereocenters. The van der Waals surface area contributed by atoms with E-state index in [0.29, 0.717) is 5.82 Å². The number of halogens is 2. The lowest BCUT2D eigenvalue weighted by Gasteiger charge is -2.21. The van der Waals surface area contributed by atoms with E-state index in [1.165, 1.54) is 43.2 Å². The predicted octanol–water partition coefficient (Wildman–Crippen LogP) is 10.1. The van der Waals surface area contributed by atoms with Gasteiger partial charge >= 0.3 is 5.97 Å². The van der Waals surface area contributed by atoms with Crippen molar-refractivity contribution in [2.75, 3.05) is 5.32 Å². The molecule has 0 radical (unpaired) electrons. The molecule has 0 spiro atoms. The molecule has 0 amide bonds. The summed E-state index contributed by atoms with van der Waals surface area (Å²) >= 11 is 0. The Kier molecular flexibility index (Phi) is 14.9. The number of carboxylic acids is 1. The molecule has 0 aliphatic rings. The molecule has 9 heteroatoms. The monoisotopic (exact) mass is 621 g/mol. The first-order valence-corrected chi connectivity index (χ1v) is 16.5. The predicted molar refractivity (Wildman–Crippen MR) is 179 cm³/mol. The highest BCUT2D eigenvalue weighted by atomic mass is 19.1. The van der Waals surface area contributed by atoms with Crippen LogP contribution in [0.25, 0.3) is 5.70 Å². The molecule has 3 rings (SSSR count). The average molecular weight is 622 g/mol. The van der Waals surface area contributed by atoms with E-state index < -0.39 is 17.6 Å². The summed E-state index contributed by atoms with van der Waals surface area (Å²) in [7, 11) is 0. The molecule has 0 saturated carbocycles. The number of carbonyl (C=O) groups is 1. The normalized spacial score (nSPS) is 12.1. The van der Waals surface area contributed by atoms with Crippen LogP contribution in [-0.4, -0.2) is 31.8 Å². The number of anilines is 1. The minimum Gasteiger partial charge on any atom is -0.478 e. The van der Waals surface area contributed by atoms with Crippen molar-refractivity contribution in [1.82, 2.24) is 14.5 Å². The van der Waals surface area contributed by atoms with Crippen LogP contribution in [0.4, 0.5) is 20.3 Å². The van der Waals surface area contributed by atoms with Crippen LogP contribution in [0.5, 0.6) is 0 Å². The van der Waals surface area contributed by atoms with Gasteiger partial charge in [0, 0.05) is 43.0 Å². The SMILES string of the molecule is C=C(Nc1ccc(C(=O)O)cc1F)c1c(F)cn(C(CCC)CCCCCc2ncc(CCCCC)cn2)c1/N=C\CCCC. The summed E-state index contributed by atoms with van der Waals surface area (Å²) in [5.41, 5.74) is 1.37. The minimum absolute atomic E-state index is 0.0123. The second kappa shape index (κ2) is 18.8. The fraction of sp³-hybridized carbons (Fsp3) is 0.500. The van der Waals surface area contributed by atoms with E-state index >= 15 is 4.39 Å². The number of aromatic carboxylic acids is 1. The second-order valence-electron chi connectivity index (χ2n) is 11.6. The summed E-state index contributed by atoms with van der Waals surface area (Å²) in [5, 5.41) is 12.0. The summed E-state index contributed by atoms with van der Waals surface area (Å²) in [6.07, 6.45) is 21.0. The van der Waals surface area contributed by atoms with Crippen LogP contribution in [0.1, 0.15) is 131 Å². The van der Waals surface area contributed by atoms with Crippen LogP contribution in [0, 0.1) is 11.6 Å². The summed E-state index contributed by atoms with van der Waals surface area (Å²) in [6, 6.07) is 3.57. The molecule has 1 atom stereocenters. The zero-order chi connectivity index (χ0) is 32.6. The Bertz CT molecular complexity index is 1400. The van der Waals surface area contributed by atoms with Crippen molar-refractivity contribution in [2.45, 2.75) is 117 Å². The number of aliphatic imine (C=N–C) groups is 1. The van der Waals surface area contributed by atoms with Crippen LogP contribution >= 0.6 is 0 Å². The molecule has 7 nitrogen and oxygen atoms in total. The van der Waals surface area contributed by atoms with Gasteiger partial charge in [-0.3, -0.25) is 0 Å². The first-order valence-electron chi connectivity index (χ1n) is 16.5. The van der Waals surface area contributed by atoms with E-state index in [0.717, 1.165) is 82.5 Å². The van der Waals surface area contributed by atoms with Crippen LogP contribution in [0.2, 0.25) is 0 Å². The maximum absolute atomic E-state index is 15.6. The van der Waals surface area contributed by atoms with E-state index in [2.05, 4.69) is 42.6 Å². The largest absolute Gasteiger partial charge is 0.478 e. The third-order valence-corrected chi connectivity index (χ3v) is 7.94. The summed E-state index contributed by atoms with van der Waals surface area (Å²) < 4.78 is 32.2. The number of unbranched alkanes of at least 4 members (excludes halogenated alkanes) is 6. The minimum atomic E-state index is -1.23. The summed E-state index contributed by atoms with van der Waals surface area (Å²) in [6.45, 7) is 10.4. The number of rotatable bonds is 21. The summed E-state index contributed by atoms with van der Waals surface area (Å²) in [4.78, 5) is 25.0. The van der Waals surface area contributed by atoms with Gasteiger partial charge < -0.3 is 15.0 Å². The van der Waals surface area contributed by atoms with E-state index in [-0.39, 0.29) is 28.6 Å². The van der Waals surface area contributed by atoms with Crippen LogP contribution < -0.4 is 5.32 Å². The number of carboxylic acid groups (broad SMARTS) is 1. The third-order valence-electron chi connectivity index (χ3n) is 7.94. The van der Waals surface area contributed by atoms with Crippen molar-refractivity contribution in [2.24, 2.45) is 4.99 Å². The molecule has 2 N–H and O–H groups in total. The van der Waals surface area contributed by atoms with Crippen LogP contribution in [0.15, 0.2) is 48.4 Å². The van der Waals surface area contributed by atoms with Crippen molar-refractivity contribution in [3.8, 4) is 0 Å². The molecule has 0 aliphatic carbocycles. The molecule has 3 aromatic rings. The Morgan fingerprint density at radius 1 is 0.978 bits per heavy atom. The van der Waals surface area contributed by atoms with Crippen molar-refractivity contribution in [1.29, 1.82) is 0 Å². The molecule has 0 aliphatic heterocycles. The number of nitrogens with zero attached hydrogens (tertiary/aromatic N) is 4. The first-order chi connectivity index (χ1) is 21.8. The second-order valence-corrected chi connectivity index (χ2v) is 11.6. The molecule has 2 heterocycles. The number of aromatic nitrogens is 3. The molecular formula is C36H49F2N5O2. The fourth-order valence-electron chi connectivity index (χ4n) is 5.41. The van der Waals surface area contributed by atoms with E-state index in [9.17, 15) is 9.18 Å². The number of aryl methyl sites for hydroxylation is 2. The van der Waals surface area contributed by atoms with Gasteiger partial charge in [0.15, 0.2) is 5.82 Å². The van der Waals surface area contributed by atoms with Crippen LogP contribution in [0.3, 0.4) is 0 Å². The maximum atomic E-state index is 15.6. The van der Waals surface area contributed by atoms with E-state index in [4.69, 9.17) is 10.1 Å². The molecule has 0 bridgehead atoms. The Hall–Kier alpha value is -3.88. The van der Waals surface area contributed by atoms with Crippen molar-refractivity contribution >= 4 is 29.4 Å². The topological polar surface area (TPSA) is 92.4 Å². The Morgan fingerprint density at radius 2 is 1.71 bits per heavy atom. The lowest BCUT2D eigenvalue weighted by Crippen LogP contribution is -2.09. The highest BCUT2D eigenvalue weighted by molar-refractivity contribution is 5.89. The standard InChI is InChI=1S/C36H49F2N5O2/c1-5-8-11-16-27-23-40-33(41-24-27)18-13-10-12-17-29(15-7-3)43-25-31(38)34(35(43)39-21-14-9-6-2)26(4)42-32-20-19-28(36(44)45)22-30(32)37/h19-25,29,42H,4-18H2,1-3H3,(H,44,45)/b39-21-. The smallest absolute Gasteiger partial charge is 0.335 e. The molecular weight excluding hydrogens is 572 g/mol. The van der Waals surface area contributed by atoms with Gasteiger partial charge in [0.25, 0.3) is 0 Å². The average Bonchev–Trinajstić information content (AvgIpc) is 3.35. The van der Waals surface area contributed by atoms with E-state index in [1.807, 2.05) is 23.2 Å². The highest BCUT2D eigenvalue weighted by Gasteiger charge is 2.23. The van der Waals surface area contributed by atoms with Gasteiger partial charge in [-0.2, -0.15) is 0 Å². The lowest BCUT2D eigenvalue weighted by atomic mass is 10.0. The number of benzene rings is 1. The zero-order valence-electron chi connectivity index (χ0n) is 27.1. The molecule has 1 aromatic carbocycles. The number of hydrogen-bond acceptors (Lipinski definition) is 5. The van der Waals surface area contributed by atoms with Gasteiger partial charge in [0.1, 0.15) is 17.5 Å². The number of hydrogen-bond donors (Lipinski definition) is 2. The summed E-state index contributed by atoms with van der Waals surface area (Å²) in [5.74, 6) is -1.15. The van der Waals surface area contributed by atoms with Crippen molar-refractivity contribution in [3.63, 3.8) is 0 Å². The zero-order valence-corrected chi connectivity index (χ0v) is 27.1. The highest BCUT2D eigenvalue weighted by Crippen LogP contribution is 2.37. The Balaban J connectivity index is 1.71. The van der Waals surface area contributed by atoms with Gasteiger partial charge in [-0.25, -0.2) is 28.5 Å². The van der Waals surface area contributed by atoms with Crippen molar-refractivity contribution < 1.29 is 18.7 Å². The van der Waals surface area contributed by atoms with Crippen LogP contribution in [-0.2, 0) is 12.8 Å². The number of nitrogens with one attached hydrogen (secondary N) is 1. The first kappa shape index (κ1) is 35.6. The van der Waals surface area contributed by atoms with Gasteiger partial charge in [0.2, 0.25) is 0 Å². The van der Waals surface area contributed by atoms with Gasteiger partial charge in [-0.05, 0) is 68.7 Å². The molecule has 0 fully saturated rings. The lowest BCUT2D eigenvalue weighted by molar-refractivity contribution is 0.0696. The van der Waals surface area contributed by atoms with Gasteiger partial charge in [-0.15, -0.1) is 0 Å². The van der Waals surface area contributed by atoms with Gasteiger partial charge in [-0.1, -0.05) is 65.9 Å². The van der Waals surface area contributed by atoms with Gasteiger partial charge in [0.05, 0.1) is 16.8 Å². The quantitative estimate of drug-likeness (QED) is 0.0912. The van der Waals surface area contributed by atoms with Crippen molar-refractivity contribution in [3.05, 3.63) is 77.5 Å². The van der Waals surface area contributed by atoms with E-state index in [1.54, 1.807) is 0 Å².